The van der Waals surface area contributed by atoms with Crippen LogP contribution < -0.4 is 15.5 Å². The summed E-state index contributed by atoms with van der Waals surface area (Å²) in [5.74, 6) is 1.67. The van der Waals surface area contributed by atoms with Gasteiger partial charge in [-0.2, -0.15) is 10.2 Å². The Hall–Kier alpha value is -3.57. The maximum atomic E-state index is 6.51. The van der Waals surface area contributed by atoms with E-state index in [-0.39, 0.29) is 17.6 Å². The van der Waals surface area contributed by atoms with Crippen LogP contribution in [0.2, 0.25) is 0 Å². The molecule has 39 heavy (non-hydrogen) atoms. The van der Waals surface area contributed by atoms with Crippen molar-refractivity contribution < 1.29 is 4.74 Å². The normalized spacial score (nSPS) is 22.8. The van der Waals surface area contributed by atoms with E-state index in [2.05, 4.69) is 64.2 Å². The number of hydrogen-bond acceptors (Lipinski definition) is 9. The molecule has 1 spiro atoms. The number of piperidine rings is 1. The lowest BCUT2D eigenvalue weighted by atomic mass is 9.73. The van der Waals surface area contributed by atoms with Crippen molar-refractivity contribution in [1.82, 2.24) is 34.9 Å². The van der Waals surface area contributed by atoms with E-state index in [0.29, 0.717) is 11.7 Å². The molecule has 0 amide bonds. The molecule has 7 heterocycles. The smallest absolute Gasteiger partial charge is 0.183 e. The number of hydrogen-bond donors (Lipinski definition) is 2. The molecule has 11 heteroatoms. The number of pyridine rings is 1. The minimum Gasteiger partial charge on any atom is -0.376 e. The molecule has 204 valence electrons. The number of nitrogens with one attached hydrogen (secondary N) is 1. The highest BCUT2D eigenvalue weighted by Gasteiger charge is 2.47. The SMILES string of the molecule is CC(C)n1cc(-c2ccc3c(n2)CCCN3c2n[nH]c3nc(N4CCC5(CC4)CO[C@@H](C)[C@H]5N)cnc23)cn1. The zero-order valence-corrected chi connectivity index (χ0v) is 22.8. The first kappa shape index (κ1) is 24.5. The number of fused-ring (bicyclic) bond motifs is 2. The van der Waals surface area contributed by atoms with E-state index in [1.807, 2.05) is 17.1 Å². The molecule has 4 aromatic rings. The van der Waals surface area contributed by atoms with E-state index in [0.717, 1.165) is 91.7 Å². The molecule has 0 radical (unpaired) electrons. The number of nitrogens with zero attached hydrogens (tertiary/aromatic N) is 8. The van der Waals surface area contributed by atoms with Crippen LogP contribution in [0.5, 0.6) is 0 Å². The lowest BCUT2D eigenvalue weighted by Gasteiger charge is -2.41. The summed E-state index contributed by atoms with van der Waals surface area (Å²) in [5.41, 5.74) is 12.2. The van der Waals surface area contributed by atoms with E-state index in [4.69, 9.17) is 25.4 Å². The molecule has 4 aromatic heterocycles. The van der Waals surface area contributed by atoms with Gasteiger partial charge in [0, 0.05) is 48.9 Å². The summed E-state index contributed by atoms with van der Waals surface area (Å²) in [7, 11) is 0. The number of nitrogens with two attached hydrogens (primary N) is 1. The largest absolute Gasteiger partial charge is 0.376 e. The Bertz CT molecular complexity index is 1500. The van der Waals surface area contributed by atoms with E-state index >= 15 is 0 Å². The molecular formula is C28H36N10O. The fourth-order valence-corrected chi connectivity index (χ4v) is 6.36. The maximum Gasteiger partial charge on any atom is 0.183 e. The van der Waals surface area contributed by atoms with Crippen LogP contribution in [-0.2, 0) is 11.2 Å². The summed E-state index contributed by atoms with van der Waals surface area (Å²) in [6.45, 7) is 9.74. The Labute approximate surface area is 227 Å². The van der Waals surface area contributed by atoms with Crippen LogP contribution in [0.4, 0.5) is 17.3 Å². The fraction of sp³-hybridized carbons (Fsp3) is 0.536. The van der Waals surface area contributed by atoms with Gasteiger partial charge in [-0.05, 0) is 58.6 Å². The van der Waals surface area contributed by atoms with Crippen molar-refractivity contribution in [3.63, 3.8) is 0 Å². The summed E-state index contributed by atoms with van der Waals surface area (Å²) < 4.78 is 7.85. The van der Waals surface area contributed by atoms with Crippen molar-refractivity contribution in [1.29, 1.82) is 0 Å². The molecule has 3 N–H and O–H groups in total. The average molecular weight is 529 g/mol. The first-order valence-electron chi connectivity index (χ1n) is 14.1. The molecule has 2 atom stereocenters. The Morgan fingerprint density at radius 2 is 1.97 bits per heavy atom. The molecule has 11 nitrogen and oxygen atoms in total. The minimum atomic E-state index is 0.0824. The lowest BCUT2D eigenvalue weighted by Crippen LogP contribution is -2.50. The molecule has 3 aliphatic rings. The van der Waals surface area contributed by atoms with Crippen LogP contribution in [-0.4, -0.2) is 73.3 Å². The average Bonchev–Trinajstić information content (AvgIpc) is 3.68. The van der Waals surface area contributed by atoms with Gasteiger partial charge >= 0.3 is 0 Å². The molecule has 0 aromatic carbocycles. The Balaban J connectivity index is 1.12. The van der Waals surface area contributed by atoms with Crippen molar-refractivity contribution in [2.24, 2.45) is 11.1 Å². The number of aromatic nitrogens is 7. The van der Waals surface area contributed by atoms with Gasteiger partial charge in [0.25, 0.3) is 0 Å². The number of ether oxygens (including phenoxy) is 1. The number of aromatic amines is 1. The maximum absolute atomic E-state index is 6.51. The second-order valence-electron chi connectivity index (χ2n) is 11.6. The van der Waals surface area contributed by atoms with Crippen molar-refractivity contribution in [2.45, 2.75) is 64.6 Å². The van der Waals surface area contributed by atoms with Crippen LogP contribution in [0, 0.1) is 5.41 Å². The molecular weight excluding hydrogens is 492 g/mol. The summed E-state index contributed by atoms with van der Waals surface area (Å²) in [4.78, 5) is 19.3. The van der Waals surface area contributed by atoms with Crippen molar-refractivity contribution >= 4 is 28.5 Å². The number of anilines is 3. The number of rotatable bonds is 4. The molecule has 2 fully saturated rings. The van der Waals surface area contributed by atoms with E-state index in [1.54, 1.807) is 0 Å². The highest BCUT2D eigenvalue weighted by molar-refractivity contribution is 5.87. The minimum absolute atomic E-state index is 0.0824. The van der Waals surface area contributed by atoms with Crippen LogP contribution in [0.25, 0.3) is 22.4 Å². The summed E-state index contributed by atoms with van der Waals surface area (Å²) in [6.07, 6.45) is 9.89. The Morgan fingerprint density at radius 1 is 1.13 bits per heavy atom. The van der Waals surface area contributed by atoms with Gasteiger partial charge in [0.05, 0.1) is 42.2 Å². The van der Waals surface area contributed by atoms with E-state index < -0.39 is 0 Å². The summed E-state index contributed by atoms with van der Waals surface area (Å²) in [6, 6.07) is 4.63. The second-order valence-corrected chi connectivity index (χ2v) is 11.6. The van der Waals surface area contributed by atoms with Gasteiger partial charge in [0.1, 0.15) is 5.82 Å². The first-order valence-corrected chi connectivity index (χ1v) is 14.1. The second kappa shape index (κ2) is 9.27. The third-order valence-corrected chi connectivity index (χ3v) is 8.89. The van der Waals surface area contributed by atoms with Gasteiger partial charge in [0.15, 0.2) is 17.0 Å². The van der Waals surface area contributed by atoms with Gasteiger partial charge in [-0.15, -0.1) is 0 Å². The molecule has 0 saturated carbocycles. The third kappa shape index (κ3) is 4.06. The number of aryl methyl sites for hydroxylation is 1. The van der Waals surface area contributed by atoms with Gasteiger partial charge in [-0.1, -0.05) is 0 Å². The van der Waals surface area contributed by atoms with E-state index in [1.165, 1.54) is 0 Å². The zero-order chi connectivity index (χ0) is 26.7. The van der Waals surface area contributed by atoms with Crippen LogP contribution in [0.1, 0.15) is 51.8 Å². The van der Waals surface area contributed by atoms with Crippen molar-refractivity contribution in [2.75, 3.05) is 36.0 Å². The highest BCUT2D eigenvalue weighted by atomic mass is 16.5. The zero-order valence-electron chi connectivity index (χ0n) is 22.8. The molecule has 7 rings (SSSR count). The van der Waals surface area contributed by atoms with Gasteiger partial charge in [-0.3, -0.25) is 14.8 Å². The third-order valence-electron chi connectivity index (χ3n) is 8.89. The van der Waals surface area contributed by atoms with Gasteiger partial charge < -0.3 is 20.3 Å². The first-order chi connectivity index (χ1) is 18.9. The Morgan fingerprint density at radius 3 is 2.72 bits per heavy atom. The predicted molar refractivity (Wildman–Crippen MR) is 150 cm³/mol. The van der Waals surface area contributed by atoms with Gasteiger partial charge in [0.2, 0.25) is 0 Å². The highest BCUT2D eigenvalue weighted by Crippen LogP contribution is 2.42. The van der Waals surface area contributed by atoms with E-state index in [9.17, 15) is 0 Å². The fourth-order valence-electron chi connectivity index (χ4n) is 6.36. The lowest BCUT2D eigenvalue weighted by molar-refractivity contribution is 0.0974. The van der Waals surface area contributed by atoms with Crippen molar-refractivity contribution in [3.05, 3.63) is 36.4 Å². The van der Waals surface area contributed by atoms with Crippen LogP contribution in [0.15, 0.2) is 30.7 Å². The predicted octanol–water partition coefficient (Wildman–Crippen LogP) is 3.61. The molecule has 0 bridgehead atoms. The number of H-pyrrole nitrogens is 1. The topological polar surface area (TPSA) is 127 Å². The quantitative estimate of drug-likeness (QED) is 0.408. The molecule has 2 saturated heterocycles. The van der Waals surface area contributed by atoms with Gasteiger partial charge in [-0.25, -0.2) is 9.97 Å². The molecule has 0 aliphatic carbocycles. The van der Waals surface area contributed by atoms with Crippen molar-refractivity contribution in [3.8, 4) is 11.3 Å². The summed E-state index contributed by atoms with van der Waals surface area (Å²) in [5, 5.41) is 12.3. The Kier molecular flexibility index (Phi) is 5.82. The standard InChI is InChI=1S/C28H36N10O/c1-17(2)38-15-19(13-31-38)20-6-7-22-21(32-20)5-4-10-37(22)27-24-26(34-35-27)33-23(14-30-24)36-11-8-28(9-12-36)16-39-18(3)25(28)29/h6-7,13-15,17-18,25H,4-5,8-12,16,29H2,1-3H3,(H,33,34,35)/t18-,25+/m0/s1. The van der Waals surface area contributed by atoms with Crippen LogP contribution in [0.3, 0.4) is 0 Å². The summed E-state index contributed by atoms with van der Waals surface area (Å²) >= 11 is 0. The van der Waals surface area contributed by atoms with Crippen LogP contribution >= 0.6 is 0 Å². The molecule has 0 unspecified atom stereocenters. The monoisotopic (exact) mass is 528 g/mol. The molecule has 3 aliphatic heterocycles.